The lowest BCUT2D eigenvalue weighted by Crippen LogP contribution is -2.23. The maximum atomic E-state index is 12.0. The standard InChI is InChI=1S/C23H19N3O4/c27-23(28)22-20(18-8-4-5-9-19(18)25-22)21(24-14-15-6-2-1-3-7-15)16-10-12-17(13-11-16)26(29)30/h1-13,21,24-25H,14H2,(H,27,28). The van der Waals surface area contributed by atoms with Crippen LogP contribution in [0.25, 0.3) is 10.9 Å². The Labute approximate surface area is 172 Å². The number of para-hydroxylation sites is 1. The first-order valence-electron chi connectivity index (χ1n) is 9.40. The number of aromatic carboxylic acids is 1. The number of fused-ring (bicyclic) bond motifs is 1. The van der Waals surface area contributed by atoms with E-state index in [9.17, 15) is 20.0 Å². The number of carboxylic acids is 1. The second-order valence-electron chi connectivity index (χ2n) is 6.91. The Kier molecular flexibility index (Phi) is 5.28. The van der Waals surface area contributed by atoms with Gasteiger partial charge in [-0.05, 0) is 17.2 Å². The van der Waals surface area contributed by atoms with Gasteiger partial charge in [-0.25, -0.2) is 4.79 Å². The molecule has 0 aliphatic rings. The first kappa shape index (κ1) is 19.4. The predicted molar refractivity (Wildman–Crippen MR) is 113 cm³/mol. The first-order chi connectivity index (χ1) is 14.5. The van der Waals surface area contributed by atoms with Crippen molar-refractivity contribution >= 4 is 22.6 Å². The van der Waals surface area contributed by atoms with Crippen molar-refractivity contribution in [1.29, 1.82) is 0 Å². The normalized spacial score (nSPS) is 12.0. The van der Waals surface area contributed by atoms with Crippen LogP contribution in [0.1, 0.15) is 33.2 Å². The molecule has 7 nitrogen and oxygen atoms in total. The molecule has 4 rings (SSSR count). The highest BCUT2D eigenvalue weighted by molar-refractivity contribution is 5.98. The van der Waals surface area contributed by atoms with Crippen LogP contribution in [0, 0.1) is 10.1 Å². The van der Waals surface area contributed by atoms with Gasteiger partial charge < -0.3 is 15.4 Å². The largest absolute Gasteiger partial charge is 0.477 e. The van der Waals surface area contributed by atoms with Crippen molar-refractivity contribution in [3.8, 4) is 0 Å². The SMILES string of the molecule is O=C(O)c1[nH]c2ccccc2c1C(NCc1ccccc1)c1ccc([N+](=O)[O-])cc1. The van der Waals surface area contributed by atoms with Crippen LogP contribution in [0.4, 0.5) is 5.69 Å². The summed E-state index contributed by atoms with van der Waals surface area (Å²) in [6.45, 7) is 0.501. The van der Waals surface area contributed by atoms with E-state index >= 15 is 0 Å². The van der Waals surface area contributed by atoms with Crippen LogP contribution in [0.15, 0.2) is 78.9 Å². The molecular weight excluding hydrogens is 382 g/mol. The summed E-state index contributed by atoms with van der Waals surface area (Å²) in [6.07, 6.45) is 0. The van der Waals surface area contributed by atoms with E-state index in [4.69, 9.17) is 0 Å². The molecule has 0 spiro atoms. The lowest BCUT2D eigenvalue weighted by atomic mass is 9.95. The Balaban J connectivity index is 1.82. The zero-order valence-electron chi connectivity index (χ0n) is 15.9. The summed E-state index contributed by atoms with van der Waals surface area (Å²) in [4.78, 5) is 25.6. The molecule has 0 amide bonds. The Hall–Kier alpha value is -3.97. The van der Waals surface area contributed by atoms with Crippen molar-refractivity contribution in [2.24, 2.45) is 0 Å². The van der Waals surface area contributed by atoms with E-state index in [-0.39, 0.29) is 11.4 Å². The number of aromatic amines is 1. The molecule has 0 aliphatic heterocycles. The number of nitrogens with zero attached hydrogens (tertiary/aromatic N) is 1. The summed E-state index contributed by atoms with van der Waals surface area (Å²) in [5.41, 5.74) is 3.18. The van der Waals surface area contributed by atoms with Gasteiger partial charge in [-0.2, -0.15) is 0 Å². The smallest absolute Gasteiger partial charge is 0.352 e. The minimum Gasteiger partial charge on any atom is -0.477 e. The number of carbonyl (C=O) groups is 1. The van der Waals surface area contributed by atoms with Crippen LogP contribution in [-0.4, -0.2) is 21.0 Å². The Morgan fingerprint density at radius 3 is 2.33 bits per heavy atom. The zero-order chi connectivity index (χ0) is 21.1. The van der Waals surface area contributed by atoms with Gasteiger partial charge in [0.2, 0.25) is 0 Å². The van der Waals surface area contributed by atoms with Crippen molar-refractivity contribution < 1.29 is 14.8 Å². The molecule has 0 saturated heterocycles. The maximum Gasteiger partial charge on any atom is 0.352 e. The van der Waals surface area contributed by atoms with E-state index in [1.807, 2.05) is 54.6 Å². The number of nitrogens with one attached hydrogen (secondary N) is 2. The number of hydrogen-bond acceptors (Lipinski definition) is 4. The van der Waals surface area contributed by atoms with Crippen molar-refractivity contribution in [2.45, 2.75) is 12.6 Å². The van der Waals surface area contributed by atoms with Gasteiger partial charge in [0.05, 0.1) is 11.0 Å². The van der Waals surface area contributed by atoms with E-state index in [0.717, 1.165) is 22.0 Å². The van der Waals surface area contributed by atoms with Crippen LogP contribution >= 0.6 is 0 Å². The van der Waals surface area contributed by atoms with Crippen molar-refractivity contribution in [2.75, 3.05) is 0 Å². The zero-order valence-corrected chi connectivity index (χ0v) is 15.9. The quantitative estimate of drug-likeness (QED) is 0.308. The van der Waals surface area contributed by atoms with Gasteiger partial charge in [-0.15, -0.1) is 0 Å². The third-order valence-corrected chi connectivity index (χ3v) is 5.04. The minimum atomic E-state index is -1.06. The minimum absolute atomic E-state index is 0.0158. The molecule has 4 aromatic rings. The fourth-order valence-corrected chi connectivity index (χ4v) is 3.62. The van der Waals surface area contributed by atoms with Gasteiger partial charge >= 0.3 is 5.97 Å². The fraction of sp³-hybridized carbons (Fsp3) is 0.0870. The van der Waals surface area contributed by atoms with E-state index in [0.29, 0.717) is 12.1 Å². The Bertz CT molecular complexity index is 1200. The van der Waals surface area contributed by atoms with E-state index in [1.165, 1.54) is 12.1 Å². The summed E-state index contributed by atoms with van der Waals surface area (Å²) in [6, 6.07) is 22.9. The molecule has 3 N–H and O–H groups in total. The third kappa shape index (κ3) is 3.78. The summed E-state index contributed by atoms with van der Waals surface area (Å²) in [5.74, 6) is -1.06. The molecule has 0 radical (unpaired) electrons. The molecule has 0 fully saturated rings. The summed E-state index contributed by atoms with van der Waals surface area (Å²) >= 11 is 0. The molecule has 0 saturated carbocycles. The number of aromatic nitrogens is 1. The van der Waals surface area contributed by atoms with E-state index in [2.05, 4.69) is 10.3 Å². The molecule has 1 aromatic heterocycles. The van der Waals surface area contributed by atoms with Gasteiger partial charge in [0.1, 0.15) is 5.69 Å². The number of H-pyrrole nitrogens is 1. The molecule has 0 bridgehead atoms. The van der Waals surface area contributed by atoms with Crippen molar-refractivity contribution in [3.05, 3.63) is 111 Å². The third-order valence-electron chi connectivity index (χ3n) is 5.04. The molecule has 1 atom stereocenters. The highest BCUT2D eigenvalue weighted by atomic mass is 16.6. The average Bonchev–Trinajstić information content (AvgIpc) is 3.15. The summed E-state index contributed by atoms with van der Waals surface area (Å²) < 4.78 is 0. The molecule has 7 heteroatoms. The number of nitro benzene ring substituents is 1. The Morgan fingerprint density at radius 2 is 1.67 bits per heavy atom. The van der Waals surface area contributed by atoms with Gasteiger partial charge in [0, 0.05) is 35.1 Å². The lowest BCUT2D eigenvalue weighted by molar-refractivity contribution is -0.384. The van der Waals surface area contributed by atoms with Gasteiger partial charge in [0.15, 0.2) is 0 Å². The highest BCUT2D eigenvalue weighted by Gasteiger charge is 2.26. The fourth-order valence-electron chi connectivity index (χ4n) is 3.62. The second-order valence-corrected chi connectivity index (χ2v) is 6.91. The predicted octanol–water partition coefficient (Wildman–Crippen LogP) is 4.65. The molecule has 1 heterocycles. The topological polar surface area (TPSA) is 108 Å². The first-order valence-corrected chi connectivity index (χ1v) is 9.40. The molecule has 0 aliphatic carbocycles. The van der Waals surface area contributed by atoms with Gasteiger partial charge in [-0.3, -0.25) is 10.1 Å². The molecule has 150 valence electrons. The van der Waals surface area contributed by atoms with Crippen LogP contribution in [0.5, 0.6) is 0 Å². The Morgan fingerprint density at radius 1 is 1.00 bits per heavy atom. The van der Waals surface area contributed by atoms with E-state index < -0.39 is 16.9 Å². The number of hydrogen-bond donors (Lipinski definition) is 3. The maximum absolute atomic E-state index is 12.0. The molecular formula is C23H19N3O4. The number of nitro groups is 1. The van der Waals surface area contributed by atoms with Gasteiger partial charge in [-0.1, -0.05) is 60.7 Å². The average molecular weight is 401 g/mol. The molecule has 3 aromatic carbocycles. The molecule has 30 heavy (non-hydrogen) atoms. The summed E-state index contributed by atoms with van der Waals surface area (Å²) in [7, 11) is 0. The number of carboxylic acid groups (broad SMARTS) is 1. The second kappa shape index (κ2) is 8.18. The number of non-ortho nitro benzene ring substituents is 1. The van der Waals surface area contributed by atoms with Crippen molar-refractivity contribution in [3.63, 3.8) is 0 Å². The van der Waals surface area contributed by atoms with Crippen LogP contribution in [-0.2, 0) is 6.54 Å². The number of benzene rings is 3. The number of rotatable bonds is 7. The lowest BCUT2D eigenvalue weighted by Gasteiger charge is -2.20. The van der Waals surface area contributed by atoms with E-state index in [1.54, 1.807) is 12.1 Å². The highest BCUT2D eigenvalue weighted by Crippen LogP contribution is 2.33. The van der Waals surface area contributed by atoms with Crippen LogP contribution < -0.4 is 5.32 Å². The van der Waals surface area contributed by atoms with Crippen LogP contribution in [0.2, 0.25) is 0 Å². The monoisotopic (exact) mass is 401 g/mol. The summed E-state index contributed by atoms with van der Waals surface area (Å²) in [5, 5.41) is 25.1. The van der Waals surface area contributed by atoms with Gasteiger partial charge in [0.25, 0.3) is 5.69 Å². The van der Waals surface area contributed by atoms with Crippen LogP contribution in [0.3, 0.4) is 0 Å². The molecule has 1 unspecified atom stereocenters. The van der Waals surface area contributed by atoms with Crippen molar-refractivity contribution in [1.82, 2.24) is 10.3 Å².